The predicted octanol–water partition coefficient (Wildman–Crippen LogP) is 6.62. The molecule has 1 saturated heterocycles. The van der Waals surface area contributed by atoms with E-state index in [-0.39, 0.29) is 5.78 Å². The number of piperazine rings is 1. The number of likely N-dealkylation sites (N-methyl/N-ethyl adjacent to an activating group) is 1. The van der Waals surface area contributed by atoms with Crippen molar-refractivity contribution in [2.45, 2.75) is 39.5 Å². The fourth-order valence-electron chi connectivity index (χ4n) is 4.62. The van der Waals surface area contributed by atoms with Crippen LogP contribution in [0.1, 0.15) is 54.8 Å². The van der Waals surface area contributed by atoms with E-state index in [9.17, 15) is 4.79 Å². The molecule has 2 heterocycles. The maximum Gasteiger partial charge on any atom is 0.197 e. The second-order valence-corrected chi connectivity index (χ2v) is 11.4. The molecular formula is C28H34I2N2O3. The third kappa shape index (κ3) is 6.59. The lowest BCUT2D eigenvalue weighted by atomic mass is 9.98. The van der Waals surface area contributed by atoms with Gasteiger partial charge in [-0.3, -0.25) is 4.79 Å². The number of hydrogen-bond acceptors (Lipinski definition) is 5. The number of carbonyl (C=O) groups excluding carboxylic acids is 1. The minimum absolute atomic E-state index is 0.0228. The standard InChI is InChI=1S/C28H34I2N2O3/c1-3-5-10-25-26(21-9-6-7-11-24(21)35-25)27(33)20-18-22(29)28(23(30)19-20)34-17-8-12-32-15-13-31(4-2)14-16-32/h6-7,9,11,18-19H,3-5,8,10,12-17H2,1-2H3. The maximum atomic E-state index is 13.7. The molecule has 2 aromatic carbocycles. The Morgan fingerprint density at radius 1 is 1.00 bits per heavy atom. The van der Waals surface area contributed by atoms with Crippen LogP contribution in [0.15, 0.2) is 40.8 Å². The molecule has 0 unspecified atom stereocenters. The Hall–Kier alpha value is -1.17. The van der Waals surface area contributed by atoms with Crippen molar-refractivity contribution in [2.24, 2.45) is 0 Å². The number of unbranched alkanes of at least 4 members (excludes halogenated alkanes) is 1. The van der Waals surface area contributed by atoms with Crippen molar-refractivity contribution in [3.63, 3.8) is 0 Å². The summed E-state index contributed by atoms with van der Waals surface area (Å²) in [7, 11) is 0. The summed E-state index contributed by atoms with van der Waals surface area (Å²) in [6, 6.07) is 11.7. The van der Waals surface area contributed by atoms with Gasteiger partial charge in [0.2, 0.25) is 0 Å². The largest absolute Gasteiger partial charge is 0.491 e. The van der Waals surface area contributed by atoms with Gasteiger partial charge in [-0.15, -0.1) is 0 Å². The zero-order valence-electron chi connectivity index (χ0n) is 20.6. The van der Waals surface area contributed by atoms with Crippen LogP contribution in [0.4, 0.5) is 0 Å². The number of ether oxygens (including phenoxy) is 1. The molecule has 7 heteroatoms. The summed E-state index contributed by atoms with van der Waals surface area (Å²) in [4.78, 5) is 18.7. The SMILES string of the molecule is CCCCc1oc2ccccc2c1C(=O)c1cc(I)c(OCCCN2CCN(CC)CC2)c(I)c1. The number of benzene rings is 2. The number of ketones is 1. The first-order valence-corrected chi connectivity index (χ1v) is 14.8. The van der Waals surface area contributed by atoms with Crippen LogP contribution in [0, 0.1) is 7.14 Å². The lowest BCUT2D eigenvalue weighted by molar-refractivity contribution is 0.103. The second-order valence-electron chi connectivity index (χ2n) is 9.08. The van der Waals surface area contributed by atoms with Crippen molar-refractivity contribution in [3.8, 4) is 5.75 Å². The van der Waals surface area contributed by atoms with Crippen molar-refractivity contribution < 1.29 is 13.9 Å². The first-order valence-electron chi connectivity index (χ1n) is 12.6. The van der Waals surface area contributed by atoms with Crippen molar-refractivity contribution in [1.29, 1.82) is 0 Å². The number of carbonyl (C=O) groups is 1. The van der Waals surface area contributed by atoms with Gasteiger partial charge in [-0.2, -0.15) is 0 Å². The van der Waals surface area contributed by atoms with Crippen LogP contribution in [-0.2, 0) is 6.42 Å². The van der Waals surface area contributed by atoms with E-state index in [2.05, 4.69) is 68.8 Å². The van der Waals surface area contributed by atoms with Gasteiger partial charge < -0.3 is 19.0 Å². The molecule has 0 N–H and O–H groups in total. The number of para-hydroxylation sites is 1. The summed E-state index contributed by atoms with van der Waals surface area (Å²) in [6.07, 6.45) is 3.83. The maximum absolute atomic E-state index is 13.7. The zero-order chi connectivity index (χ0) is 24.8. The average molecular weight is 700 g/mol. The summed E-state index contributed by atoms with van der Waals surface area (Å²) in [5.41, 5.74) is 2.17. The van der Waals surface area contributed by atoms with Crippen molar-refractivity contribution >= 4 is 61.9 Å². The molecular weight excluding hydrogens is 666 g/mol. The molecule has 5 nitrogen and oxygen atoms in total. The Labute approximate surface area is 235 Å². The van der Waals surface area contributed by atoms with Crippen LogP contribution in [0.25, 0.3) is 11.0 Å². The second kappa shape index (κ2) is 12.9. The van der Waals surface area contributed by atoms with Crippen LogP contribution in [0.3, 0.4) is 0 Å². The summed E-state index contributed by atoms with van der Waals surface area (Å²) in [5.74, 6) is 1.69. The van der Waals surface area contributed by atoms with E-state index < -0.39 is 0 Å². The molecule has 1 aliphatic rings. The first-order chi connectivity index (χ1) is 17.0. The van der Waals surface area contributed by atoms with Gasteiger partial charge in [-0.05, 0) is 82.8 Å². The molecule has 35 heavy (non-hydrogen) atoms. The van der Waals surface area contributed by atoms with Crippen molar-refractivity contribution in [1.82, 2.24) is 9.80 Å². The number of furan rings is 1. The number of rotatable bonds is 11. The predicted molar refractivity (Wildman–Crippen MR) is 159 cm³/mol. The smallest absolute Gasteiger partial charge is 0.197 e. The van der Waals surface area contributed by atoms with E-state index in [1.54, 1.807) is 0 Å². The highest BCUT2D eigenvalue weighted by molar-refractivity contribution is 14.1. The van der Waals surface area contributed by atoms with E-state index in [0.29, 0.717) is 17.7 Å². The monoisotopic (exact) mass is 700 g/mol. The van der Waals surface area contributed by atoms with E-state index in [1.807, 2.05) is 36.4 Å². The van der Waals surface area contributed by atoms with Gasteiger partial charge in [0.25, 0.3) is 0 Å². The van der Waals surface area contributed by atoms with E-state index >= 15 is 0 Å². The van der Waals surface area contributed by atoms with Gasteiger partial charge in [0.1, 0.15) is 17.1 Å². The quantitative estimate of drug-likeness (QED) is 0.128. The summed E-state index contributed by atoms with van der Waals surface area (Å²) < 4.78 is 14.2. The third-order valence-corrected chi connectivity index (χ3v) is 8.29. The van der Waals surface area contributed by atoms with Gasteiger partial charge >= 0.3 is 0 Å². The molecule has 0 spiro atoms. The Bertz CT molecular complexity index is 1130. The fraction of sp³-hybridized carbons (Fsp3) is 0.464. The van der Waals surface area contributed by atoms with Crippen LogP contribution in [0.5, 0.6) is 5.75 Å². The van der Waals surface area contributed by atoms with Gasteiger partial charge in [-0.1, -0.05) is 38.5 Å². The van der Waals surface area contributed by atoms with Gasteiger partial charge in [-0.25, -0.2) is 0 Å². The molecule has 188 valence electrons. The van der Waals surface area contributed by atoms with Gasteiger partial charge in [0.15, 0.2) is 5.78 Å². The van der Waals surface area contributed by atoms with Crippen LogP contribution >= 0.6 is 45.2 Å². The minimum Gasteiger partial charge on any atom is -0.491 e. The van der Waals surface area contributed by atoms with Crippen molar-refractivity contribution in [2.75, 3.05) is 45.9 Å². The van der Waals surface area contributed by atoms with Gasteiger partial charge in [0.05, 0.1) is 19.3 Å². The third-order valence-electron chi connectivity index (χ3n) is 6.69. The highest BCUT2D eigenvalue weighted by Crippen LogP contribution is 2.33. The normalized spacial score (nSPS) is 15.1. The molecule has 1 aromatic heterocycles. The highest BCUT2D eigenvalue weighted by Gasteiger charge is 2.23. The molecule has 4 rings (SSSR count). The van der Waals surface area contributed by atoms with Crippen LogP contribution in [0.2, 0.25) is 0 Å². The zero-order valence-corrected chi connectivity index (χ0v) is 24.9. The molecule has 1 aliphatic heterocycles. The minimum atomic E-state index is 0.0228. The number of fused-ring (bicyclic) bond motifs is 1. The summed E-state index contributed by atoms with van der Waals surface area (Å²) in [5, 5.41) is 0.897. The Kier molecular flexibility index (Phi) is 9.89. The Balaban J connectivity index is 1.44. The lowest BCUT2D eigenvalue weighted by Crippen LogP contribution is -2.46. The number of hydrogen-bond donors (Lipinski definition) is 0. The topological polar surface area (TPSA) is 45.9 Å². The molecule has 0 aliphatic carbocycles. The molecule has 0 atom stereocenters. The highest BCUT2D eigenvalue weighted by atomic mass is 127. The average Bonchev–Trinajstić information content (AvgIpc) is 3.24. The lowest BCUT2D eigenvalue weighted by Gasteiger charge is -2.33. The molecule has 3 aromatic rings. The Morgan fingerprint density at radius 3 is 2.37 bits per heavy atom. The van der Waals surface area contributed by atoms with Crippen LogP contribution in [-0.4, -0.2) is 61.5 Å². The first kappa shape index (κ1) is 26.9. The van der Waals surface area contributed by atoms with Crippen LogP contribution < -0.4 is 4.74 Å². The van der Waals surface area contributed by atoms with Crippen molar-refractivity contribution in [3.05, 3.63) is 60.4 Å². The summed E-state index contributed by atoms with van der Waals surface area (Å²) >= 11 is 4.58. The fourth-order valence-corrected chi connectivity index (χ4v) is 6.70. The molecule has 1 fully saturated rings. The molecule has 0 bridgehead atoms. The number of nitrogens with zero attached hydrogens (tertiary/aromatic N) is 2. The Morgan fingerprint density at radius 2 is 1.69 bits per heavy atom. The molecule has 0 saturated carbocycles. The number of aryl methyl sites for hydroxylation is 1. The number of halogens is 2. The van der Waals surface area contributed by atoms with E-state index in [4.69, 9.17) is 9.15 Å². The van der Waals surface area contributed by atoms with E-state index in [0.717, 1.165) is 94.6 Å². The summed E-state index contributed by atoms with van der Waals surface area (Å²) in [6.45, 7) is 11.9. The molecule has 0 radical (unpaired) electrons. The molecule has 0 amide bonds. The van der Waals surface area contributed by atoms with Gasteiger partial charge in [0, 0.05) is 50.1 Å². The van der Waals surface area contributed by atoms with E-state index in [1.165, 1.54) is 0 Å².